The van der Waals surface area contributed by atoms with Crippen LogP contribution in [0.25, 0.3) is 11.5 Å². The first kappa shape index (κ1) is 16.3. The number of hydrogen-bond donors (Lipinski definition) is 2. The first-order valence-electron chi connectivity index (χ1n) is 7.77. The summed E-state index contributed by atoms with van der Waals surface area (Å²) >= 11 is 0. The second-order valence-corrected chi connectivity index (χ2v) is 5.69. The summed E-state index contributed by atoms with van der Waals surface area (Å²) in [7, 11) is 1.48. The molecule has 7 heteroatoms. The molecule has 0 saturated carbocycles. The van der Waals surface area contributed by atoms with Crippen LogP contribution in [-0.2, 0) is 16.1 Å². The lowest BCUT2D eigenvalue weighted by molar-refractivity contribution is -0.125. The molecule has 1 aromatic carbocycles. The summed E-state index contributed by atoms with van der Waals surface area (Å²) < 4.78 is 16.0. The number of aryl methyl sites for hydroxylation is 1. The van der Waals surface area contributed by atoms with Crippen molar-refractivity contribution in [2.45, 2.75) is 19.9 Å². The van der Waals surface area contributed by atoms with E-state index in [1.54, 1.807) is 19.1 Å². The average molecular weight is 332 g/mol. The van der Waals surface area contributed by atoms with Gasteiger partial charge < -0.3 is 24.3 Å². The van der Waals surface area contributed by atoms with Crippen LogP contribution in [0.3, 0.4) is 0 Å². The zero-order chi connectivity index (χ0) is 17.1. The molecule has 1 aliphatic heterocycles. The molecule has 0 spiro atoms. The van der Waals surface area contributed by atoms with E-state index in [1.807, 2.05) is 0 Å². The van der Waals surface area contributed by atoms with E-state index in [0.29, 0.717) is 48.4 Å². The molecule has 24 heavy (non-hydrogen) atoms. The average Bonchev–Trinajstić information content (AvgIpc) is 3.23. The number of hydrogen-bond acceptors (Lipinski definition) is 6. The Balaban J connectivity index is 1.71. The van der Waals surface area contributed by atoms with Crippen molar-refractivity contribution in [3.63, 3.8) is 0 Å². The van der Waals surface area contributed by atoms with Gasteiger partial charge in [0.1, 0.15) is 11.5 Å². The van der Waals surface area contributed by atoms with E-state index in [0.717, 1.165) is 6.42 Å². The van der Waals surface area contributed by atoms with Crippen molar-refractivity contribution in [1.82, 2.24) is 10.3 Å². The van der Waals surface area contributed by atoms with Crippen molar-refractivity contribution in [2.75, 3.05) is 20.3 Å². The van der Waals surface area contributed by atoms with Gasteiger partial charge in [-0.3, -0.25) is 4.79 Å². The fourth-order valence-electron chi connectivity index (χ4n) is 2.58. The summed E-state index contributed by atoms with van der Waals surface area (Å²) in [5.74, 6) is 1.34. The number of amides is 1. The highest BCUT2D eigenvalue weighted by Gasteiger charge is 2.23. The smallest absolute Gasteiger partial charge is 0.226 e. The Morgan fingerprint density at radius 1 is 1.50 bits per heavy atom. The number of phenolic OH excluding ortho intramolecular Hbond substituents is 1. The predicted molar refractivity (Wildman–Crippen MR) is 85.7 cm³/mol. The third kappa shape index (κ3) is 3.35. The molecule has 1 saturated heterocycles. The first-order chi connectivity index (χ1) is 11.6. The molecule has 0 radical (unpaired) electrons. The van der Waals surface area contributed by atoms with Gasteiger partial charge in [-0.25, -0.2) is 4.98 Å². The number of methoxy groups -OCH3 is 1. The van der Waals surface area contributed by atoms with Gasteiger partial charge in [0.05, 0.1) is 26.2 Å². The number of nitrogens with zero attached hydrogens (tertiary/aromatic N) is 1. The molecule has 1 aromatic heterocycles. The Hall–Kier alpha value is -2.54. The molecular weight excluding hydrogens is 312 g/mol. The molecule has 7 nitrogen and oxygen atoms in total. The number of carbonyl (C=O) groups excluding carboxylic acids is 1. The van der Waals surface area contributed by atoms with Crippen LogP contribution in [0.1, 0.15) is 17.9 Å². The monoisotopic (exact) mass is 332 g/mol. The zero-order valence-electron chi connectivity index (χ0n) is 13.7. The van der Waals surface area contributed by atoms with Crippen molar-refractivity contribution >= 4 is 5.91 Å². The highest BCUT2D eigenvalue weighted by atomic mass is 16.5. The largest absolute Gasteiger partial charge is 0.504 e. The summed E-state index contributed by atoms with van der Waals surface area (Å²) in [4.78, 5) is 16.5. The minimum atomic E-state index is -0.0852. The Kier molecular flexibility index (Phi) is 4.71. The lowest BCUT2D eigenvalue weighted by Gasteiger charge is -2.07. The molecule has 3 rings (SSSR count). The van der Waals surface area contributed by atoms with Crippen molar-refractivity contribution in [3.8, 4) is 23.0 Å². The van der Waals surface area contributed by atoms with Crippen molar-refractivity contribution in [3.05, 3.63) is 29.7 Å². The Bertz CT molecular complexity index is 735. The van der Waals surface area contributed by atoms with Gasteiger partial charge in [-0.2, -0.15) is 0 Å². The number of benzene rings is 1. The molecule has 0 aliphatic carbocycles. The van der Waals surface area contributed by atoms with Gasteiger partial charge in [0, 0.05) is 12.2 Å². The summed E-state index contributed by atoms with van der Waals surface area (Å²) in [6.07, 6.45) is 0.752. The Morgan fingerprint density at radius 3 is 3.04 bits per heavy atom. The summed E-state index contributed by atoms with van der Waals surface area (Å²) in [6.45, 7) is 3.21. The van der Waals surface area contributed by atoms with E-state index in [-0.39, 0.29) is 17.6 Å². The minimum Gasteiger partial charge on any atom is -0.504 e. The van der Waals surface area contributed by atoms with Gasteiger partial charge in [0.25, 0.3) is 0 Å². The minimum absolute atomic E-state index is 0.0252. The fourth-order valence-corrected chi connectivity index (χ4v) is 2.58. The van der Waals surface area contributed by atoms with Gasteiger partial charge in [0.15, 0.2) is 11.5 Å². The van der Waals surface area contributed by atoms with Crippen LogP contribution in [0.4, 0.5) is 0 Å². The topological polar surface area (TPSA) is 93.8 Å². The number of aromatic hydroxyl groups is 1. The van der Waals surface area contributed by atoms with Crippen LogP contribution >= 0.6 is 0 Å². The molecule has 1 amide bonds. The molecule has 128 valence electrons. The fraction of sp³-hybridized carbons (Fsp3) is 0.412. The van der Waals surface area contributed by atoms with Gasteiger partial charge in [-0.1, -0.05) is 0 Å². The van der Waals surface area contributed by atoms with E-state index in [4.69, 9.17) is 13.9 Å². The summed E-state index contributed by atoms with van der Waals surface area (Å²) in [6, 6.07) is 4.87. The number of phenols is 1. The molecule has 0 bridgehead atoms. The third-order valence-electron chi connectivity index (χ3n) is 4.05. The second-order valence-electron chi connectivity index (χ2n) is 5.69. The van der Waals surface area contributed by atoms with Gasteiger partial charge >= 0.3 is 0 Å². The zero-order valence-corrected chi connectivity index (χ0v) is 13.7. The Morgan fingerprint density at radius 2 is 2.33 bits per heavy atom. The molecule has 2 N–H and O–H groups in total. The normalized spacial score (nSPS) is 17.0. The SMILES string of the molecule is COc1cc(-c2nc(CNC(=O)C3CCOC3)c(C)o2)ccc1O. The number of aromatic nitrogens is 1. The molecule has 1 atom stereocenters. The maximum absolute atomic E-state index is 12.0. The van der Waals surface area contributed by atoms with Gasteiger partial charge in [-0.15, -0.1) is 0 Å². The quantitative estimate of drug-likeness (QED) is 0.870. The molecule has 1 unspecified atom stereocenters. The number of nitrogens with one attached hydrogen (secondary N) is 1. The van der Waals surface area contributed by atoms with Crippen LogP contribution in [0, 0.1) is 12.8 Å². The highest BCUT2D eigenvalue weighted by molar-refractivity contribution is 5.79. The second kappa shape index (κ2) is 6.92. The predicted octanol–water partition coefficient (Wildman–Crippen LogP) is 2.02. The van der Waals surface area contributed by atoms with Crippen molar-refractivity contribution in [2.24, 2.45) is 5.92 Å². The molecular formula is C17H20N2O5. The third-order valence-corrected chi connectivity index (χ3v) is 4.05. The van der Waals surface area contributed by atoms with Gasteiger partial charge in [0.2, 0.25) is 11.8 Å². The van der Waals surface area contributed by atoms with E-state index in [1.165, 1.54) is 13.2 Å². The molecule has 2 heterocycles. The number of oxazole rings is 1. The van der Waals surface area contributed by atoms with E-state index < -0.39 is 0 Å². The van der Waals surface area contributed by atoms with E-state index in [2.05, 4.69) is 10.3 Å². The van der Waals surface area contributed by atoms with Gasteiger partial charge in [-0.05, 0) is 31.5 Å². The van der Waals surface area contributed by atoms with Crippen LogP contribution in [0.5, 0.6) is 11.5 Å². The molecule has 1 fully saturated rings. The van der Waals surface area contributed by atoms with Crippen molar-refractivity contribution in [1.29, 1.82) is 0 Å². The number of ether oxygens (including phenoxy) is 2. The lowest BCUT2D eigenvalue weighted by Crippen LogP contribution is -2.30. The maximum Gasteiger partial charge on any atom is 0.226 e. The van der Waals surface area contributed by atoms with Crippen LogP contribution in [0.2, 0.25) is 0 Å². The maximum atomic E-state index is 12.0. The Labute approximate surface area is 139 Å². The van der Waals surface area contributed by atoms with Crippen LogP contribution in [0.15, 0.2) is 22.6 Å². The number of rotatable bonds is 5. The van der Waals surface area contributed by atoms with E-state index in [9.17, 15) is 9.90 Å². The number of carbonyl (C=O) groups is 1. The van der Waals surface area contributed by atoms with Crippen LogP contribution in [-0.4, -0.2) is 36.3 Å². The summed E-state index contributed by atoms with van der Waals surface area (Å²) in [5.41, 5.74) is 1.36. The summed E-state index contributed by atoms with van der Waals surface area (Å²) in [5, 5.41) is 12.5. The highest BCUT2D eigenvalue weighted by Crippen LogP contribution is 2.31. The van der Waals surface area contributed by atoms with E-state index >= 15 is 0 Å². The standard InChI is InChI=1S/C17H20N2O5/c1-10-13(8-18-16(21)12-5-6-23-9-12)19-17(24-10)11-3-4-14(20)15(7-11)22-2/h3-4,7,12,20H,5-6,8-9H2,1-2H3,(H,18,21). The molecule has 1 aliphatic rings. The first-order valence-corrected chi connectivity index (χ1v) is 7.77. The lowest BCUT2D eigenvalue weighted by atomic mass is 10.1. The van der Waals surface area contributed by atoms with Crippen molar-refractivity contribution < 1.29 is 23.8 Å². The van der Waals surface area contributed by atoms with Crippen LogP contribution < -0.4 is 10.1 Å². The molecule has 2 aromatic rings.